The van der Waals surface area contributed by atoms with Gasteiger partial charge in [-0.15, -0.1) is 0 Å². The van der Waals surface area contributed by atoms with Crippen LogP contribution in [0.5, 0.6) is 0 Å². The van der Waals surface area contributed by atoms with Crippen molar-refractivity contribution in [1.82, 2.24) is 15.0 Å². The zero-order valence-electron chi connectivity index (χ0n) is 8.84. The molecule has 2 heterocycles. The first-order valence-corrected chi connectivity index (χ1v) is 5.62. The normalized spacial score (nSPS) is 10.1. The lowest BCUT2D eigenvalue weighted by atomic mass is 10.2. The topological polar surface area (TPSA) is 41.9 Å². The van der Waals surface area contributed by atoms with E-state index >= 15 is 0 Å². The molecule has 0 aliphatic rings. The molecule has 0 unspecified atom stereocenters. The van der Waals surface area contributed by atoms with Gasteiger partial charge in [-0.25, -0.2) is 9.97 Å². The maximum Gasteiger partial charge on any atom is 0.133 e. The average molecular weight is 279 g/mol. The fourth-order valence-corrected chi connectivity index (χ4v) is 1.67. The number of hydrogen-bond acceptors (Lipinski definition) is 4. The zero-order chi connectivity index (χ0) is 11.4. The Morgan fingerprint density at radius 1 is 1.25 bits per heavy atom. The molecule has 0 saturated carbocycles. The van der Waals surface area contributed by atoms with Crippen molar-refractivity contribution in [1.29, 1.82) is 0 Å². The van der Waals surface area contributed by atoms with E-state index in [1.807, 2.05) is 25.2 Å². The third-order valence-corrected chi connectivity index (χ3v) is 2.61. The molecule has 0 spiro atoms. The Kier molecular flexibility index (Phi) is 3.46. The molecule has 2 aromatic rings. The molecule has 0 atom stereocenters. The minimum Gasteiger partial charge on any atom is -0.355 e. The van der Waals surface area contributed by atoms with Gasteiger partial charge in [0.1, 0.15) is 16.7 Å². The summed E-state index contributed by atoms with van der Waals surface area (Å²) in [6.45, 7) is 0.798. The van der Waals surface area contributed by atoms with E-state index in [1.54, 1.807) is 18.7 Å². The molecule has 0 bridgehead atoms. The molecule has 0 aliphatic heterocycles. The van der Waals surface area contributed by atoms with E-state index in [1.165, 1.54) is 5.56 Å². The van der Waals surface area contributed by atoms with Gasteiger partial charge in [0.05, 0.1) is 0 Å². The SMILES string of the molecule is CN(Cc1ccncc1)c1cc(Br)ncn1. The molecule has 4 nitrogen and oxygen atoms in total. The highest BCUT2D eigenvalue weighted by Crippen LogP contribution is 2.15. The van der Waals surface area contributed by atoms with Gasteiger partial charge in [-0.3, -0.25) is 4.98 Å². The van der Waals surface area contributed by atoms with Gasteiger partial charge in [-0.05, 0) is 33.6 Å². The van der Waals surface area contributed by atoms with Crippen LogP contribution in [0.2, 0.25) is 0 Å². The Balaban J connectivity index is 2.12. The van der Waals surface area contributed by atoms with E-state index in [2.05, 4.69) is 35.8 Å². The van der Waals surface area contributed by atoms with E-state index < -0.39 is 0 Å². The monoisotopic (exact) mass is 278 g/mol. The smallest absolute Gasteiger partial charge is 0.133 e. The van der Waals surface area contributed by atoms with Gasteiger partial charge < -0.3 is 4.90 Å². The maximum atomic E-state index is 4.20. The molecular weight excluding hydrogens is 268 g/mol. The van der Waals surface area contributed by atoms with E-state index in [0.29, 0.717) is 0 Å². The molecule has 16 heavy (non-hydrogen) atoms. The summed E-state index contributed by atoms with van der Waals surface area (Å²) in [6, 6.07) is 5.88. The third kappa shape index (κ3) is 2.76. The molecule has 0 fully saturated rings. The van der Waals surface area contributed by atoms with Gasteiger partial charge in [0.15, 0.2) is 0 Å². The lowest BCUT2D eigenvalue weighted by Crippen LogP contribution is -2.17. The van der Waals surface area contributed by atoms with Crippen LogP contribution in [0.4, 0.5) is 5.82 Å². The molecule has 0 N–H and O–H groups in total. The van der Waals surface area contributed by atoms with E-state index in [-0.39, 0.29) is 0 Å². The standard InChI is InChI=1S/C11H11BrN4/c1-16(7-9-2-4-13-5-3-9)11-6-10(12)14-8-15-11/h2-6,8H,7H2,1H3. The lowest BCUT2D eigenvalue weighted by Gasteiger charge is -2.17. The van der Waals surface area contributed by atoms with Crippen molar-refractivity contribution in [3.63, 3.8) is 0 Å². The third-order valence-electron chi connectivity index (χ3n) is 2.18. The first kappa shape index (κ1) is 11.0. The van der Waals surface area contributed by atoms with Crippen molar-refractivity contribution in [2.75, 3.05) is 11.9 Å². The van der Waals surface area contributed by atoms with Crippen LogP contribution in [0.25, 0.3) is 0 Å². The van der Waals surface area contributed by atoms with Gasteiger partial charge in [-0.1, -0.05) is 0 Å². The number of aromatic nitrogens is 3. The molecule has 5 heteroatoms. The van der Waals surface area contributed by atoms with Gasteiger partial charge in [0.25, 0.3) is 0 Å². The second-order valence-electron chi connectivity index (χ2n) is 3.41. The number of anilines is 1. The van der Waals surface area contributed by atoms with Crippen LogP contribution in [0.15, 0.2) is 41.5 Å². The predicted molar refractivity (Wildman–Crippen MR) is 66.1 cm³/mol. The van der Waals surface area contributed by atoms with Crippen LogP contribution >= 0.6 is 15.9 Å². The Morgan fingerprint density at radius 2 is 2.00 bits per heavy atom. The molecule has 2 rings (SSSR count). The second kappa shape index (κ2) is 5.03. The van der Waals surface area contributed by atoms with Gasteiger partial charge >= 0.3 is 0 Å². The Labute approximate surface area is 103 Å². The molecule has 0 aromatic carbocycles. The highest BCUT2D eigenvalue weighted by atomic mass is 79.9. The summed E-state index contributed by atoms with van der Waals surface area (Å²) in [4.78, 5) is 14.2. The summed E-state index contributed by atoms with van der Waals surface area (Å²) in [5.74, 6) is 0.888. The summed E-state index contributed by atoms with van der Waals surface area (Å²) < 4.78 is 0.791. The van der Waals surface area contributed by atoms with Crippen molar-refractivity contribution in [2.24, 2.45) is 0 Å². The first-order valence-electron chi connectivity index (χ1n) is 4.83. The molecule has 2 aromatic heterocycles. The fourth-order valence-electron chi connectivity index (χ4n) is 1.38. The van der Waals surface area contributed by atoms with Crippen LogP contribution in [0.3, 0.4) is 0 Å². The minimum atomic E-state index is 0.791. The fraction of sp³-hybridized carbons (Fsp3) is 0.182. The number of halogens is 1. The first-order chi connectivity index (χ1) is 7.75. The van der Waals surface area contributed by atoms with Crippen molar-refractivity contribution in [3.8, 4) is 0 Å². The van der Waals surface area contributed by atoms with Gasteiger partial charge in [0.2, 0.25) is 0 Å². The highest BCUT2D eigenvalue weighted by Gasteiger charge is 2.03. The number of rotatable bonds is 3. The summed E-state index contributed by atoms with van der Waals surface area (Å²) in [7, 11) is 2.00. The quantitative estimate of drug-likeness (QED) is 0.808. The maximum absolute atomic E-state index is 4.20. The van der Waals surface area contributed by atoms with E-state index in [9.17, 15) is 0 Å². The van der Waals surface area contributed by atoms with Gasteiger partial charge in [-0.2, -0.15) is 0 Å². The summed E-state index contributed by atoms with van der Waals surface area (Å²) in [6.07, 6.45) is 5.13. The lowest BCUT2D eigenvalue weighted by molar-refractivity contribution is 0.886. The Bertz CT molecular complexity index is 461. The highest BCUT2D eigenvalue weighted by molar-refractivity contribution is 9.10. The number of nitrogens with zero attached hydrogens (tertiary/aromatic N) is 4. The molecular formula is C11H11BrN4. The van der Waals surface area contributed by atoms with Crippen LogP contribution in [0, 0.1) is 0 Å². The Hall–Kier alpha value is -1.49. The summed E-state index contributed by atoms with van der Waals surface area (Å²) in [5, 5.41) is 0. The zero-order valence-corrected chi connectivity index (χ0v) is 10.4. The largest absolute Gasteiger partial charge is 0.355 e. The summed E-state index contributed by atoms with van der Waals surface area (Å²) in [5.41, 5.74) is 1.20. The molecule has 0 radical (unpaired) electrons. The van der Waals surface area contributed by atoms with Crippen LogP contribution in [-0.4, -0.2) is 22.0 Å². The predicted octanol–water partition coefficient (Wildman–Crippen LogP) is 2.27. The van der Waals surface area contributed by atoms with Crippen LogP contribution in [0.1, 0.15) is 5.56 Å². The molecule has 0 saturated heterocycles. The van der Waals surface area contributed by atoms with Crippen molar-refractivity contribution in [3.05, 3.63) is 47.1 Å². The molecule has 82 valence electrons. The van der Waals surface area contributed by atoms with Crippen LogP contribution in [-0.2, 0) is 6.54 Å². The number of hydrogen-bond donors (Lipinski definition) is 0. The Morgan fingerprint density at radius 3 is 2.69 bits per heavy atom. The minimum absolute atomic E-state index is 0.791. The van der Waals surface area contributed by atoms with Crippen molar-refractivity contribution in [2.45, 2.75) is 6.54 Å². The second-order valence-corrected chi connectivity index (χ2v) is 4.22. The summed E-state index contributed by atoms with van der Waals surface area (Å²) >= 11 is 3.33. The van der Waals surface area contributed by atoms with Crippen LogP contribution < -0.4 is 4.90 Å². The average Bonchev–Trinajstić information content (AvgIpc) is 2.30. The van der Waals surface area contributed by atoms with Crippen molar-refractivity contribution < 1.29 is 0 Å². The number of pyridine rings is 1. The van der Waals surface area contributed by atoms with Gasteiger partial charge in [0, 0.05) is 32.1 Å². The molecule has 0 amide bonds. The molecule has 0 aliphatic carbocycles. The van der Waals surface area contributed by atoms with Crippen molar-refractivity contribution >= 4 is 21.7 Å². The van der Waals surface area contributed by atoms with E-state index in [0.717, 1.165) is 17.0 Å². The van der Waals surface area contributed by atoms with E-state index in [4.69, 9.17) is 0 Å².